The number of amides is 2. The van der Waals surface area contributed by atoms with Gasteiger partial charge in [-0.2, -0.15) is 5.10 Å². The number of carbonyl (C=O) groups excluding carboxylic acids is 2. The van der Waals surface area contributed by atoms with E-state index in [1.165, 1.54) is 10.7 Å². The van der Waals surface area contributed by atoms with Gasteiger partial charge in [0.2, 0.25) is 0 Å². The number of hydrogen-bond acceptors (Lipinski definition) is 7. The highest BCUT2D eigenvalue weighted by Crippen LogP contribution is 2.39. The van der Waals surface area contributed by atoms with E-state index in [0.717, 1.165) is 30.3 Å². The Hall–Kier alpha value is -4.81. The molecule has 2 aromatic heterocycles. The first-order valence-corrected chi connectivity index (χ1v) is 15.3. The van der Waals surface area contributed by atoms with Crippen molar-refractivity contribution in [2.45, 2.75) is 63.5 Å². The van der Waals surface area contributed by atoms with Crippen LogP contribution in [0.2, 0.25) is 0 Å². The molecule has 4 aliphatic rings. The highest BCUT2D eigenvalue weighted by molar-refractivity contribution is 6.08. The lowest BCUT2D eigenvalue weighted by molar-refractivity contribution is -0.0379. The molecule has 4 saturated heterocycles. The minimum Gasteiger partial charge on any atom is -0.444 e. The predicted molar refractivity (Wildman–Crippen MR) is 166 cm³/mol. The topological polar surface area (TPSA) is 95.3 Å². The van der Waals surface area contributed by atoms with Crippen LogP contribution in [-0.2, 0) is 4.74 Å². The number of hydrogen-bond donors (Lipinski definition) is 1. The SMILES string of the molecule is CC(C)(C)OC(=O)N1C2CC1CN(c1ccc(NC(=O)c3cnn4ccc(N5C[C@@H](F)C[C@@H]5c5cc(F)ccc5F)nc34)cc1)C2. The lowest BCUT2D eigenvalue weighted by atomic mass is 9.87. The van der Waals surface area contributed by atoms with E-state index in [-0.39, 0.29) is 47.9 Å². The number of rotatable bonds is 5. The van der Waals surface area contributed by atoms with Crippen LogP contribution in [0.3, 0.4) is 0 Å². The lowest BCUT2D eigenvalue weighted by Gasteiger charge is -2.56. The number of nitrogens with one attached hydrogen (secondary N) is 1. The first-order valence-electron chi connectivity index (χ1n) is 15.3. The molecule has 240 valence electrons. The fourth-order valence-corrected chi connectivity index (χ4v) is 6.67. The Labute approximate surface area is 263 Å². The van der Waals surface area contributed by atoms with Crippen molar-refractivity contribution in [2.24, 2.45) is 0 Å². The number of halogens is 3. The quantitative estimate of drug-likeness (QED) is 0.299. The number of anilines is 3. The van der Waals surface area contributed by atoms with E-state index in [2.05, 4.69) is 20.3 Å². The van der Waals surface area contributed by atoms with Crippen molar-refractivity contribution in [1.82, 2.24) is 19.5 Å². The van der Waals surface area contributed by atoms with Crippen molar-refractivity contribution in [2.75, 3.05) is 34.8 Å². The van der Waals surface area contributed by atoms with Gasteiger partial charge in [0.1, 0.15) is 34.8 Å². The summed E-state index contributed by atoms with van der Waals surface area (Å²) in [6, 6.07) is 11.7. The number of nitrogens with zero attached hydrogens (tertiary/aromatic N) is 6. The average molecular weight is 634 g/mol. The maximum absolute atomic E-state index is 14.6. The summed E-state index contributed by atoms with van der Waals surface area (Å²) >= 11 is 0. The number of aromatic nitrogens is 3. The van der Waals surface area contributed by atoms with Gasteiger partial charge in [-0.15, -0.1) is 0 Å². The summed E-state index contributed by atoms with van der Waals surface area (Å²) in [6.45, 7) is 6.93. The van der Waals surface area contributed by atoms with Crippen molar-refractivity contribution in [1.29, 1.82) is 0 Å². The normalized spacial score (nSPS) is 22.6. The molecule has 6 heterocycles. The van der Waals surface area contributed by atoms with Gasteiger partial charge in [0.25, 0.3) is 5.91 Å². The Balaban J connectivity index is 1.04. The van der Waals surface area contributed by atoms with Gasteiger partial charge in [-0.1, -0.05) is 0 Å². The number of benzene rings is 2. The first-order chi connectivity index (χ1) is 21.9. The molecule has 8 rings (SSSR count). The van der Waals surface area contributed by atoms with E-state index in [4.69, 9.17) is 4.74 Å². The molecule has 4 fully saturated rings. The summed E-state index contributed by atoms with van der Waals surface area (Å²) < 4.78 is 50.2. The highest BCUT2D eigenvalue weighted by atomic mass is 19.1. The molecule has 4 atom stereocenters. The van der Waals surface area contributed by atoms with Crippen LogP contribution >= 0.6 is 0 Å². The number of fused-ring (bicyclic) bond motifs is 3. The zero-order chi connectivity index (χ0) is 32.3. The van der Waals surface area contributed by atoms with Crippen molar-refractivity contribution < 1.29 is 27.5 Å². The largest absolute Gasteiger partial charge is 0.444 e. The van der Waals surface area contributed by atoms with E-state index in [1.54, 1.807) is 17.2 Å². The molecule has 46 heavy (non-hydrogen) atoms. The van der Waals surface area contributed by atoms with E-state index in [9.17, 15) is 22.8 Å². The fraction of sp³-hybridized carbons (Fsp3) is 0.394. The molecule has 4 aliphatic heterocycles. The van der Waals surface area contributed by atoms with Crippen LogP contribution < -0.4 is 15.1 Å². The Morgan fingerprint density at radius 3 is 2.43 bits per heavy atom. The van der Waals surface area contributed by atoms with Gasteiger partial charge in [-0.25, -0.2) is 27.5 Å². The second-order valence-corrected chi connectivity index (χ2v) is 13.1. The third kappa shape index (κ3) is 5.58. The Bertz CT molecular complexity index is 1800. The molecule has 2 amide bonds. The molecular formula is C33H34F3N7O3. The number of piperidine rings is 1. The molecule has 13 heteroatoms. The summed E-state index contributed by atoms with van der Waals surface area (Å²) in [7, 11) is 0. The summed E-state index contributed by atoms with van der Waals surface area (Å²) in [4.78, 5) is 36.2. The third-order valence-corrected chi connectivity index (χ3v) is 8.75. The van der Waals surface area contributed by atoms with E-state index < -0.39 is 35.4 Å². The molecule has 0 saturated carbocycles. The van der Waals surface area contributed by atoms with Crippen LogP contribution in [0.5, 0.6) is 0 Å². The van der Waals surface area contributed by atoms with Crippen LogP contribution in [0.25, 0.3) is 5.65 Å². The second kappa shape index (κ2) is 11.2. The third-order valence-electron chi connectivity index (χ3n) is 8.75. The number of piperazine rings is 1. The Morgan fingerprint density at radius 2 is 1.72 bits per heavy atom. The maximum Gasteiger partial charge on any atom is 0.410 e. The molecular weight excluding hydrogens is 599 g/mol. The van der Waals surface area contributed by atoms with Crippen molar-refractivity contribution in [3.05, 3.63) is 83.7 Å². The van der Waals surface area contributed by atoms with E-state index >= 15 is 0 Å². The molecule has 0 radical (unpaired) electrons. The van der Waals surface area contributed by atoms with Gasteiger partial charge in [-0.3, -0.25) is 9.69 Å². The molecule has 0 aliphatic carbocycles. The summed E-state index contributed by atoms with van der Waals surface area (Å²) in [5, 5.41) is 7.13. The minimum absolute atomic E-state index is 0.0173. The smallest absolute Gasteiger partial charge is 0.410 e. The van der Waals surface area contributed by atoms with Gasteiger partial charge in [0.15, 0.2) is 5.65 Å². The molecule has 0 spiro atoms. The summed E-state index contributed by atoms with van der Waals surface area (Å²) in [6.07, 6.45) is 2.40. The maximum atomic E-state index is 14.6. The molecule has 2 aromatic carbocycles. The number of ether oxygens (including phenoxy) is 1. The van der Waals surface area contributed by atoms with Gasteiger partial charge in [0, 0.05) is 42.6 Å². The second-order valence-electron chi connectivity index (χ2n) is 13.1. The molecule has 4 aromatic rings. The van der Waals surface area contributed by atoms with Crippen LogP contribution in [-0.4, -0.2) is 75.0 Å². The Morgan fingerprint density at radius 1 is 0.978 bits per heavy atom. The zero-order valence-electron chi connectivity index (χ0n) is 25.7. The zero-order valence-corrected chi connectivity index (χ0v) is 25.7. The van der Waals surface area contributed by atoms with Gasteiger partial charge >= 0.3 is 6.09 Å². The standard InChI is InChI=1S/C33H34F3N7O3/c1-33(2,3)46-32(45)43-23-14-24(43)18-40(17-23)22-7-5-21(6-8-22)38-31(44)26-15-37-42-11-10-29(39-30(26)42)41-16-20(35)13-28(41)25-12-19(34)4-9-27(25)36/h4-12,15,20,23-24,28H,13-14,16-18H2,1-3H3,(H,38,44)/t20-,23?,24?,28+/m0/s1. The van der Waals surface area contributed by atoms with E-state index in [0.29, 0.717) is 24.6 Å². The summed E-state index contributed by atoms with van der Waals surface area (Å²) in [5.41, 5.74) is 1.52. The molecule has 2 unspecified atom stereocenters. The average Bonchev–Trinajstić information content (AvgIpc) is 3.61. The fourth-order valence-electron chi connectivity index (χ4n) is 6.67. The molecule has 2 bridgehead atoms. The van der Waals surface area contributed by atoms with Gasteiger partial charge < -0.3 is 19.9 Å². The molecule has 10 nitrogen and oxygen atoms in total. The minimum atomic E-state index is -1.26. The van der Waals surface area contributed by atoms with Crippen molar-refractivity contribution in [3.63, 3.8) is 0 Å². The van der Waals surface area contributed by atoms with Crippen molar-refractivity contribution in [3.8, 4) is 0 Å². The number of carbonyl (C=O) groups is 2. The monoisotopic (exact) mass is 633 g/mol. The van der Waals surface area contributed by atoms with Crippen LogP contribution in [0.15, 0.2) is 60.9 Å². The molecule has 1 N–H and O–H groups in total. The predicted octanol–water partition coefficient (Wildman–Crippen LogP) is 5.75. The Kier molecular flexibility index (Phi) is 7.28. The first kappa shape index (κ1) is 29.9. The van der Waals surface area contributed by atoms with E-state index in [1.807, 2.05) is 49.9 Å². The lowest BCUT2D eigenvalue weighted by Crippen LogP contribution is -2.70. The number of alkyl halides is 1. The van der Waals surface area contributed by atoms with Crippen molar-refractivity contribution >= 4 is 34.8 Å². The van der Waals surface area contributed by atoms with Crippen LogP contribution in [0, 0.1) is 11.6 Å². The van der Waals surface area contributed by atoms with Crippen LogP contribution in [0.1, 0.15) is 55.6 Å². The summed E-state index contributed by atoms with van der Waals surface area (Å²) in [5.74, 6) is -1.34. The van der Waals surface area contributed by atoms with Gasteiger partial charge in [-0.05, 0) is 75.7 Å². The van der Waals surface area contributed by atoms with Crippen LogP contribution in [0.4, 0.5) is 35.2 Å². The highest BCUT2D eigenvalue weighted by Gasteiger charge is 2.48. The van der Waals surface area contributed by atoms with Gasteiger partial charge in [0.05, 0.1) is 30.9 Å².